The Morgan fingerprint density at radius 3 is 3.11 bits per heavy atom. The lowest BCUT2D eigenvalue weighted by Crippen LogP contribution is -2.17. The molecule has 1 aromatic carbocycles. The van der Waals surface area contributed by atoms with Crippen molar-refractivity contribution in [1.82, 2.24) is 4.98 Å². The van der Waals surface area contributed by atoms with E-state index in [1.807, 2.05) is 6.07 Å². The molecule has 0 aliphatic heterocycles. The molecule has 1 aliphatic rings. The number of benzene rings is 1. The monoisotopic (exact) mass is 276 g/mol. The topological polar surface area (TPSA) is 38.9 Å². The van der Waals surface area contributed by atoms with Gasteiger partial charge in [0.15, 0.2) is 0 Å². The van der Waals surface area contributed by atoms with Crippen LogP contribution in [0.5, 0.6) is 0 Å². The van der Waals surface area contributed by atoms with Gasteiger partial charge in [-0.3, -0.25) is 0 Å². The van der Waals surface area contributed by atoms with Gasteiger partial charge in [0.1, 0.15) is 5.82 Å². The smallest absolute Gasteiger partial charge is 0.123 e. The van der Waals surface area contributed by atoms with Crippen LogP contribution in [0, 0.1) is 5.82 Å². The molecule has 2 nitrogen and oxygen atoms in total. The van der Waals surface area contributed by atoms with Gasteiger partial charge in [-0.15, -0.1) is 11.3 Å². The van der Waals surface area contributed by atoms with Crippen molar-refractivity contribution >= 4 is 11.3 Å². The highest BCUT2D eigenvalue weighted by molar-refractivity contribution is 7.11. The van der Waals surface area contributed by atoms with Crippen LogP contribution in [0.3, 0.4) is 0 Å². The van der Waals surface area contributed by atoms with Crippen molar-refractivity contribution in [3.63, 3.8) is 0 Å². The summed E-state index contributed by atoms with van der Waals surface area (Å²) in [4.78, 5) is 6.13. The largest absolute Gasteiger partial charge is 0.330 e. The zero-order valence-corrected chi connectivity index (χ0v) is 11.5. The molecule has 1 atom stereocenters. The van der Waals surface area contributed by atoms with Gasteiger partial charge in [-0.1, -0.05) is 12.1 Å². The zero-order valence-electron chi connectivity index (χ0n) is 10.7. The quantitative estimate of drug-likeness (QED) is 0.934. The number of aromatic nitrogens is 1. The Labute approximate surface area is 116 Å². The molecule has 3 rings (SSSR count). The number of nitrogens with zero attached hydrogens (tertiary/aromatic N) is 1. The summed E-state index contributed by atoms with van der Waals surface area (Å²) < 4.78 is 13.2. The third-order valence-corrected chi connectivity index (χ3v) is 4.77. The molecule has 0 saturated carbocycles. The zero-order chi connectivity index (χ0) is 13.2. The first kappa shape index (κ1) is 12.8. The average Bonchev–Trinajstić information content (AvgIpc) is 2.80. The van der Waals surface area contributed by atoms with Crippen molar-refractivity contribution in [2.45, 2.75) is 31.6 Å². The van der Waals surface area contributed by atoms with Crippen molar-refractivity contribution in [2.24, 2.45) is 5.73 Å². The van der Waals surface area contributed by atoms with Crippen molar-refractivity contribution < 1.29 is 4.39 Å². The Hall–Kier alpha value is -1.26. The normalized spacial score (nSPS) is 18.3. The van der Waals surface area contributed by atoms with Crippen LogP contribution in [0.2, 0.25) is 0 Å². The van der Waals surface area contributed by atoms with E-state index in [4.69, 9.17) is 10.7 Å². The van der Waals surface area contributed by atoms with E-state index in [1.54, 1.807) is 23.5 Å². The number of rotatable bonds is 3. The fraction of sp³-hybridized carbons (Fsp3) is 0.400. The second-order valence-electron chi connectivity index (χ2n) is 5.05. The third-order valence-electron chi connectivity index (χ3n) is 3.64. The van der Waals surface area contributed by atoms with Gasteiger partial charge in [-0.25, -0.2) is 9.37 Å². The third kappa shape index (κ3) is 2.69. The van der Waals surface area contributed by atoms with E-state index in [1.165, 1.54) is 23.1 Å². The van der Waals surface area contributed by atoms with Crippen LogP contribution in [0.15, 0.2) is 24.3 Å². The molecule has 1 aliphatic carbocycles. The molecule has 2 aromatic rings. The van der Waals surface area contributed by atoms with Crippen LogP contribution in [0.25, 0.3) is 0 Å². The Kier molecular flexibility index (Phi) is 3.62. The molecule has 0 spiro atoms. The van der Waals surface area contributed by atoms with Gasteiger partial charge in [0, 0.05) is 23.8 Å². The molecule has 1 unspecified atom stereocenters. The summed E-state index contributed by atoms with van der Waals surface area (Å²) in [5, 5.41) is 1.08. The lowest BCUT2D eigenvalue weighted by Gasteiger charge is -2.18. The molecule has 0 radical (unpaired) electrons. The Morgan fingerprint density at radius 1 is 1.42 bits per heavy atom. The summed E-state index contributed by atoms with van der Waals surface area (Å²) in [6.45, 7) is 0.677. The molecule has 19 heavy (non-hydrogen) atoms. The Bertz CT molecular complexity index is 579. The first-order valence-corrected chi connectivity index (χ1v) is 7.51. The highest BCUT2D eigenvalue weighted by Crippen LogP contribution is 2.34. The number of hydrogen-bond acceptors (Lipinski definition) is 3. The molecule has 0 bridgehead atoms. The molecule has 0 amide bonds. The summed E-state index contributed by atoms with van der Waals surface area (Å²) in [7, 11) is 0. The number of nitrogens with two attached hydrogens (primary N) is 1. The van der Waals surface area contributed by atoms with Gasteiger partial charge in [0.2, 0.25) is 0 Å². The van der Waals surface area contributed by atoms with Crippen molar-refractivity contribution in [3.8, 4) is 0 Å². The van der Waals surface area contributed by atoms with E-state index in [9.17, 15) is 4.39 Å². The van der Waals surface area contributed by atoms with Gasteiger partial charge in [0.05, 0.1) is 10.7 Å². The van der Waals surface area contributed by atoms with E-state index in [2.05, 4.69) is 0 Å². The molecule has 0 fully saturated rings. The summed E-state index contributed by atoms with van der Waals surface area (Å²) in [5.74, 6) is 0.236. The van der Waals surface area contributed by atoms with Gasteiger partial charge in [-0.05, 0) is 37.0 Å². The van der Waals surface area contributed by atoms with Crippen LogP contribution in [0.4, 0.5) is 4.39 Å². The summed E-state index contributed by atoms with van der Waals surface area (Å²) in [6, 6.07) is 6.76. The number of fused-ring (bicyclic) bond motifs is 1. The molecule has 0 saturated heterocycles. The number of thiazole rings is 1. The van der Waals surface area contributed by atoms with Gasteiger partial charge < -0.3 is 5.73 Å². The second kappa shape index (κ2) is 5.39. The summed E-state index contributed by atoms with van der Waals surface area (Å²) >= 11 is 1.77. The first-order valence-electron chi connectivity index (χ1n) is 6.69. The van der Waals surface area contributed by atoms with Gasteiger partial charge >= 0.3 is 0 Å². The van der Waals surface area contributed by atoms with E-state index < -0.39 is 0 Å². The predicted molar refractivity (Wildman–Crippen MR) is 76.1 cm³/mol. The van der Waals surface area contributed by atoms with Crippen molar-refractivity contribution in [3.05, 3.63) is 51.2 Å². The van der Waals surface area contributed by atoms with Crippen LogP contribution >= 0.6 is 11.3 Å². The maximum absolute atomic E-state index is 13.2. The molecule has 1 heterocycles. The fourth-order valence-corrected chi connectivity index (χ4v) is 3.91. The minimum absolute atomic E-state index is 0.182. The molecule has 2 N–H and O–H groups in total. The second-order valence-corrected chi connectivity index (χ2v) is 6.22. The summed E-state index contributed by atoms with van der Waals surface area (Å²) in [6.07, 6.45) is 4.18. The molecule has 4 heteroatoms. The summed E-state index contributed by atoms with van der Waals surface area (Å²) in [5.41, 5.74) is 8.00. The van der Waals surface area contributed by atoms with E-state index in [-0.39, 0.29) is 5.82 Å². The standard InChI is InChI=1S/C15H17FN2S/c16-12-5-1-3-10(7-12)8-14-18-15-11(9-17)4-2-6-13(15)19-14/h1,3,5,7,11H,2,4,6,8-9,17H2. The Balaban J connectivity index is 1.85. The SMILES string of the molecule is NCC1CCCc2sc(Cc3cccc(F)c3)nc21. The van der Waals surface area contributed by atoms with E-state index in [0.29, 0.717) is 18.9 Å². The number of aryl methyl sites for hydroxylation is 1. The van der Waals surface area contributed by atoms with Crippen LogP contribution in [0.1, 0.15) is 39.9 Å². The van der Waals surface area contributed by atoms with Crippen LogP contribution < -0.4 is 5.73 Å². The van der Waals surface area contributed by atoms with Crippen LogP contribution in [-0.2, 0) is 12.8 Å². The Morgan fingerprint density at radius 2 is 2.32 bits per heavy atom. The molecule has 1 aromatic heterocycles. The number of hydrogen-bond donors (Lipinski definition) is 1. The van der Waals surface area contributed by atoms with E-state index in [0.717, 1.165) is 23.4 Å². The highest BCUT2D eigenvalue weighted by Gasteiger charge is 2.23. The highest BCUT2D eigenvalue weighted by atomic mass is 32.1. The number of halogens is 1. The predicted octanol–water partition coefficient (Wildman–Crippen LogP) is 3.25. The van der Waals surface area contributed by atoms with Crippen LogP contribution in [-0.4, -0.2) is 11.5 Å². The molecule has 100 valence electrons. The molecular formula is C15H17FN2S. The first-order chi connectivity index (χ1) is 9.26. The minimum atomic E-state index is -0.182. The fourth-order valence-electron chi connectivity index (χ4n) is 2.68. The maximum Gasteiger partial charge on any atom is 0.123 e. The van der Waals surface area contributed by atoms with Crippen molar-refractivity contribution in [2.75, 3.05) is 6.54 Å². The van der Waals surface area contributed by atoms with E-state index >= 15 is 0 Å². The minimum Gasteiger partial charge on any atom is -0.330 e. The maximum atomic E-state index is 13.2. The average molecular weight is 276 g/mol. The van der Waals surface area contributed by atoms with Gasteiger partial charge in [-0.2, -0.15) is 0 Å². The lowest BCUT2D eigenvalue weighted by molar-refractivity contribution is 0.553. The van der Waals surface area contributed by atoms with Gasteiger partial charge in [0.25, 0.3) is 0 Å². The van der Waals surface area contributed by atoms with Crippen molar-refractivity contribution in [1.29, 1.82) is 0 Å². The molecular weight excluding hydrogens is 259 g/mol. The lowest BCUT2D eigenvalue weighted by atomic mass is 9.91.